The number of hydrogen-bond donors (Lipinski definition) is 2. The molecule has 1 unspecified atom stereocenters. The standard InChI is InChI=1S/C5H10N2S/c1-4-2-3-6-5(8)7-4/h4H,2-3H2,1H3,(H2,6,7,8). The second kappa shape index (κ2) is 2.31. The number of hydrogen-bond acceptors (Lipinski definition) is 1. The average Bonchev–Trinajstić information content (AvgIpc) is 1.64. The molecule has 1 fully saturated rings. The van der Waals surface area contributed by atoms with Gasteiger partial charge in [-0.15, -0.1) is 0 Å². The number of rotatable bonds is 0. The zero-order chi connectivity index (χ0) is 5.98. The van der Waals surface area contributed by atoms with Crippen LogP contribution in [0.4, 0.5) is 0 Å². The van der Waals surface area contributed by atoms with E-state index >= 15 is 0 Å². The summed E-state index contributed by atoms with van der Waals surface area (Å²) in [5.74, 6) is 0. The minimum Gasteiger partial charge on any atom is -0.363 e. The molecule has 0 aromatic heterocycles. The van der Waals surface area contributed by atoms with Crippen LogP contribution in [0.1, 0.15) is 13.3 Å². The van der Waals surface area contributed by atoms with Crippen molar-refractivity contribution in [1.29, 1.82) is 0 Å². The number of nitrogens with one attached hydrogen (secondary N) is 2. The van der Waals surface area contributed by atoms with Gasteiger partial charge in [0.2, 0.25) is 0 Å². The highest BCUT2D eigenvalue weighted by atomic mass is 32.1. The molecule has 3 heteroatoms. The van der Waals surface area contributed by atoms with Gasteiger partial charge in [0.1, 0.15) is 0 Å². The summed E-state index contributed by atoms with van der Waals surface area (Å²) in [6.45, 7) is 3.15. The first kappa shape index (κ1) is 5.82. The lowest BCUT2D eigenvalue weighted by Gasteiger charge is -2.22. The molecule has 1 aliphatic rings. The van der Waals surface area contributed by atoms with Crippen LogP contribution in [-0.2, 0) is 0 Å². The van der Waals surface area contributed by atoms with Crippen molar-refractivity contribution < 1.29 is 0 Å². The Morgan fingerprint density at radius 1 is 1.75 bits per heavy atom. The Kier molecular flexibility index (Phi) is 1.68. The molecule has 1 aliphatic heterocycles. The molecule has 46 valence electrons. The van der Waals surface area contributed by atoms with Crippen molar-refractivity contribution in [1.82, 2.24) is 10.6 Å². The van der Waals surface area contributed by atoms with Crippen molar-refractivity contribution in [3.05, 3.63) is 0 Å². The largest absolute Gasteiger partial charge is 0.363 e. The number of thiocarbonyl (C=S) groups is 1. The molecule has 8 heavy (non-hydrogen) atoms. The van der Waals surface area contributed by atoms with Crippen LogP contribution in [0.2, 0.25) is 0 Å². The fourth-order valence-electron chi connectivity index (χ4n) is 0.749. The summed E-state index contributed by atoms with van der Waals surface area (Å²) in [5, 5.41) is 6.93. The van der Waals surface area contributed by atoms with Gasteiger partial charge in [0.15, 0.2) is 5.11 Å². The Morgan fingerprint density at radius 2 is 2.50 bits per heavy atom. The third-order valence-corrected chi connectivity index (χ3v) is 1.50. The van der Waals surface area contributed by atoms with Crippen LogP contribution >= 0.6 is 12.2 Å². The van der Waals surface area contributed by atoms with E-state index in [0.717, 1.165) is 11.7 Å². The Morgan fingerprint density at radius 3 is 2.88 bits per heavy atom. The van der Waals surface area contributed by atoms with E-state index in [9.17, 15) is 0 Å². The quantitative estimate of drug-likeness (QED) is 0.459. The highest BCUT2D eigenvalue weighted by molar-refractivity contribution is 7.80. The first-order valence-corrected chi connectivity index (χ1v) is 3.24. The molecule has 0 aromatic carbocycles. The van der Waals surface area contributed by atoms with Gasteiger partial charge in [-0.2, -0.15) is 0 Å². The maximum Gasteiger partial charge on any atom is 0.166 e. The average molecular weight is 130 g/mol. The van der Waals surface area contributed by atoms with E-state index in [2.05, 4.69) is 17.6 Å². The SMILES string of the molecule is CC1CCNC(=S)N1. The van der Waals surface area contributed by atoms with Gasteiger partial charge in [0.05, 0.1) is 0 Å². The first-order chi connectivity index (χ1) is 3.79. The first-order valence-electron chi connectivity index (χ1n) is 2.83. The topological polar surface area (TPSA) is 24.1 Å². The van der Waals surface area contributed by atoms with Crippen molar-refractivity contribution >= 4 is 17.3 Å². The summed E-state index contributed by atoms with van der Waals surface area (Å²) < 4.78 is 0. The fourth-order valence-corrected chi connectivity index (χ4v) is 1.05. The second-order valence-corrected chi connectivity index (χ2v) is 2.50. The monoisotopic (exact) mass is 130 g/mol. The molecule has 0 aromatic rings. The minimum atomic E-state index is 0.559. The fraction of sp³-hybridized carbons (Fsp3) is 0.800. The summed E-state index contributed by atoms with van der Waals surface area (Å²) >= 11 is 4.86. The van der Waals surface area contributed by atoms with Crippen LogP contribution in [0.5, 0.6) is 0 Å². The maximum atomic E-state index is 4.86. The van der Waals surface area contributed by atoms with E-state index in [-0.39, 0.29) is 0 Å². The lowest BCUT2D eigenvalue weighted by Crippen LogP contribution is -2.47. The van der Waals surface area contributed by atoms with Crippen LogP contribution in [-0.4, -0.2) is 17.7 Å². The van der Waals surface area contributed by atoms with Crippen molar-refractivity contribution in [3.63, 3.8) is 0 Å². The van der Waals surface area contributed by atoms with Gasteiger partial charge in [-0.05, 0) is 25.6 Å². The van der Waals surface area contributed by atoms with E-state index in [1.54, 1.807) is 0 Å². The smallest absolute Gasteiger partial charge is 0.166 e. The summed E-state index contributed by atoms with van der Waals surface area (Å²) in [6.07, 6.45) is 1.17. The van der Waals surface area contributed by atoms with Crippen molar-refractivity contribution in [2.45, 2.75) is 19.4 Å². The molecular weight excluding hydrogens is 120 g/mol. The molecule has 2 nitrogen and oxygen atoms in total. The zero-order valence-electron chi connectivity index (χ0n) is 4.90. The van der Waals surface area contributed by atoms with E-state index in [1.807, 2.05) is 0 Å². The Hall–Kier alpha value is -0.310. The highest BCUT2D eigenvalue weighted by Gasteiger charge is 2.07. The summed E-state index contributed by atoms with van der Waals surface area (Å²) in [7, 11) is 0. The Labute approximate surface area is 54.7 Å². The molecule has 0 spiro atoms. The molecule has 1 atom stereocenters. The lowest BCUT2D eigenvalue weighted by molar-refractivity contribution is 0.552. The minimum absolute atomic E-state index is 0.559. The summed E-state index contributed by atoms with van der Waals surface area (Å²) in [4.78, 5) is 0. The van der Waals surface area contributed by atoms with Gasteiger partial charge >= 0.3 is 0 Å². The molecule has 0 amide bonds. The molecule has 1 rings (SSSR count). The van der Waals surface area contributed by atoms with Crippen molar-refractivity contribution in [3.8, 4) is 0 Å². The van der Waals surface area contributed by atoms with Gasteiger partial charge in [-0.25, -0.2) is 0 Å². The molecule has 0 radical (unpaired) electrons. The predicted octanol–water partition coefficient (Wildman–Crippen LogP) is 0.243. The van der Waals surface area contributed by atoms with E-state index in [1.165, 1.54) is 6.42 Å². The molecular formula is C5H10N2S. The second-order valence-electron chi connectivity index (χ2n) is 2.09. The van der Waals surface area contributed by atoms with Gasteiger partial charge in [0, 0.05) is 12.6 Å². The third kappa shape index (κ3) is 1.33. The highest BCUT2D eigenvalue weighted by Crippen LogP contribution is 1.92. The van der Waals surface area contributed by atoms with Crippen LogP contribution in [0, 0.1) is 0 Å². The third-order valence-electron chi connectivity index (χ3n) is 1.24. The summed E-state index contributed by atoms with van der Waals surface area (Å²) in [5.41, 5.74) is 0. The molecule has 0 saturated carbocycles. The van der Waals surface area contributed by atoms with E-state index in [0.29, 0.717) is 6.04 Å². The maximum absolute atomic E-state index is 4.86. The lowest BCUT2D eigenvalue weighted by atomic mass is 10.2. The van der Waals surface area contributed by atoms with Gasteiger partial charge in [-0.1, -0.05) is 0 Å². The van der Waals surface area contributed by atoms with Gasteiger partial charge in [0.25, 0.3) is 0 Å². The summed E-state index contributed by atoms with van der Waals surface area (Å²) in [6, 6.07) is 0.559. The normalized spacial score (nSPS) is 28.6. The van der Waals surface area contributed by atoms with E-state index < -0.39 is 0 Å². The van der Waals surface area contributed by atoms with Crippen LogP contribution in [0.25, 0.3) is 0 Å². The Bertz CT molecular complexity index is 103. The van der Waals surface area contributed by atoms with Gasteiger partial charge < -0.3 is 10.6 Å². The molecule has 1 saturated heterocycles. The van der Waals surface area contributed by atoms with E-state index in [4.69, 9.17) is 12.2 Å². The van der Waals surface area contributed by atoms with Gasteiger partial charge in [-0.3, -0.25) is 0 Å². The molecule has 0 aliphatic carbocycles. The molecule has 0 bridgehead atoms. The molecule has 2 N–H and O–H groups in total. The zero-order valence-corrected chi connectivity index (χ0v) is 5.72. The predicted molar refractivity (Wildman–Crippen MR) is 37.8 cm³/mol. The van der Waals surface area contributed by atoms with Crippen molar-refractivity contribution in [2.75, 3.05) is 6.54 Å². The molecule has 1 heterocycles. The van der Waals surface area contributed by atoms with Crippen LogP contribution in [0.3, 0.4) is 0 Å². The van der Waals surface area contributed by atoms with Crippen LogP contribution in [0.15, 0.2) is 0 Å². The Balaban J connectivity index is 2.34. The van der Waals surface area contributed by atoms with Crippen LogP contribution < -0.4 is 10.6 Å². The van der Waals surface area contributed by atoms with Crippen molar-refractivity contribution in [2.24, 2.45) is 0 Å².